The Labute approximate surface area is 62.3 Å². The second-order valence-electron chi connectivity index (χ2n) is 1.57. The molecule has 1 rings (SSSR count). The van der Waals surface area contributed by atoms with E-state index in [1.54, 1.807) is 6.20 Å². The average Bonchev–Trinajstić information content (AvgIpc) is 2.10. The van der Waals surface area contributed by atoms with Gasteiger partial charge in [-0.05, 0) is 18.6 Å². The van der Waals surface area contributed by atoms with Crippen molar-refractivity contribution < 1.29 is 0 Å². The van der Waals surface area contributed by atoms with E-state index in [9.17, 15) is 0 Å². The maximum Gasteiger partial charge on any atom is 0.0628 e. The van der Waals surface area contributed by atoms with Gasteiger partial charge in [-0.2, -0.15) is 10.2 Å². The van der Waals surface area contributed by atoms with Crippen molar-refractivity contribution in [2.75, 3.05) is 0 Å². The lowest BCUT2D eigenvalue weighted by molar-refractivity contribution is 0.919. The van der Waals surface area contributed by atoms with Crippen LogP contribution in [0, 0.1) is 0 Å². The molecule has 2 heteroatoms. The molecule has 1 aromatic heterocycles. The molecule has 0 saturated heterocycles. The molecule has 0 radical (unpaired) electrons. The minimum absolute atomic E-state index is 0.966. The summed E-state index contributed by atoms with van der Waals surface area (Å²) in [6.07, 6.45) is 2.65. The smallest absolute Gasteiger partial charge is 0.0628 e. The minimum atomic E-state index is 0.966. The van der Waals surface area contributed by atoms with E-state index in [0.29, 0.717) is 0 Å². The van der Waals surface area contributed by atoms with Crippen LogP contribution in [-0.4, -0.2) is 10.2 Å². The molecule has 0 atom stereocenters. The van der Waals surface area contributed by atoms with Crippen LogP contribution in [0.1, 0.15) is 26.5 Å². The molecular formula is C8H14N2. The third-order valence-electron chi connectivity index (χ3n) is 0.990. The van der Waals surface area contributed by atoms with Gasteiger partial charge < -0.3 is 0 Å². The highest BCUT2D eigenvalue weighted by atomic mass is 15.1. The van der Waals surface area contributed by atoms with Crippen LogP contribution in [0.3, 0.4) is 0 Å². The Morgan fingerprint density at radius 3 is 2.40 bits per heavy atom. The van der Waals surface area contributed by atoms with Gasteiger partial charge in [-0.15, -0.1) is 0 Å². The SMILES string of the molecule is CC.CCc1cccnn1. The van der Waals surface area contributed by atoms with Gasteiger partial charge in [-0.25, -0.2) is 0 Å². The molecule has 0 aliphatic heterocycles. The average molecular weight is 138 g/mol. The topological polar surface area (TPSA) is 25.8 Å². The van der Waals surface area contributed by atoms with Crippen molar-refractivity contribution >= 4 is 0 Å². The minimum Gasteiger partial charge on any atom is -0.159 e. The molecule has 0 unspecified atom stereocenters. The molecule has 0 saturated carbocycles. The van der Waals surface area contributed by atoms with Gasteiger partial charge in [0.2, 0.25) is 0 Å². The first-order valence-corrected chi connectivity index (χ1v) is 3.70. The van der Waals surface area contributed by atoms with Gasteiger partial charge in [0.15, 0.2) is 0 Å². The highest BCUT2D eigenvalue weighted by Crippen LogP contribution is 1.88. The maximum absolute atomic E-state index is 3.85. The molecule has 0 aromatic carbocycles. The Bertz CT molecular complexity index is 149. The summed E-state index contributed by atoms with van der Waals surface area (Å²) in [5.74, 6) is 0. The largest absolute Gasteiger partial charge is 0.159 e. The first-order valence-electron chi connectivity index (χ1n) is 3.70. The van der Waals surface area contributed by atoms with E-state index in [4.69, 9.17) is 0 Å². The second-order valence-corrected chi connectivity index (χ2v) is 1.57. The van der Waals surface area contributed by atoms with Gasteiger partial charge >= 0.3 is 0 Å². The van der Waals surface area contributed by atoms with Crippen LogP contribution in [-0.2, 0) is 6.42 Å². The molecule has 1 heterocycles. The first-order chi connectivity index (χ1) is 4.93. The zero-order valence-corrected chi connectivity index (χ0v) is 6.83. The predicted octanol–water partition coefficient (Wildman–Crippen LogP) is 2.07. The maximum atomic E-state index is 3.85. The van der Waals surface area contributed by atoms with E-state index in [-0.39, 0.29) is 0 Å². The van der Waals surface area contributed by atoms with Crippen molar-refractivity contribution in [3.8, 4) is 0 Å². The van der Waals surface area contributed by atoms with E-state index in [2.05, 4.69) is 17.1 Å². The Hall–Kier alpha value is -0.920. The summed E-state index contributed by atoms with van der Waals surface area (Å²) in [5, 5.41) is 7.55. The third kappa shape index (κ3) is 3.17. The van der Waals surface area contributed by atoms with Crippen LogP contribution in [0.15, 0.2) is 18.3 Å². The molecule has 1 aromatic rings. The van der Waals surface area contributed by atoms with Gasteiger partial charge in [-0.3, -0.25) is 0 Å². The number of hydrogen-bond acceptors (Lipinski definition) is 2. The Morgan fingerprint density at radius 1 is 1.40 bits per heavy atom. The van der Waals surface area contributed by atoms with Crippen LogP contribution >= 0.6 is 0 Å². The molecule has 0 amide bonds. The number of nitrogens with zero attached hydrogens (tertiary/aromatic N) is 2. The summed E-state index contributed by atoms with van der Waals surface area (Å²) in [5.41, 5.74) is 1.05. The second kappa shape index (κ2) is 6.20. The zero-order chi connectivity index (χ0) is 7.82. The van der Waals surface area contributed by atoms with E-state index >= 15 is 0 Å². The number of aryl methyl sites for hydroxylation is 1. The summed E-state index contributed by atoms with van der Waals surface area (Å²) >= 11 is 0. The van der Waals surface area contributed by atoms with Gasteiger partial charge in [0.1, 0.15) is 0 Å². The van der Waals surface area contributed by atoms with E-state index in [1.807, 2.05) is 26.0 Å². The van der Waals surface area contributed by atoms with Gasteiger partial charge in [0, 0.05) is 6.20 Å². The van der Waals surface area contributed by atoms with Gasteiger partial charge in [-0.1, -0.05) is 20.8 Å². The fourth-order valence-corrected chi connectivity index (χ4v) is 0.522. The quantitative estimate of drug-likeness (QED) is 0.593. The molecule has 10 heavy (non-hydrogen) atoms. The lowest BCUT2D eigenvalue weighted by Gasteiger charge is -1.87. The predicted molar refractivity (Wildman–Crippen MR) is 42.8 cm³/mol. The molecule has 0 spiro atoms. The van der Waals surface area contributed by atoms with Gasteiger partial charge in [0.25, 0.3) is 0 Å². The summed E-state index contributed by atoms with van der Waals surface area (Å²) in [6.45, 7) is 6.06. The molecular weight excluding hydrogens is 124 g/mol. The normalized spacial score (nSPS) is 7.90. The van der Waals surface area contributed by atoms with Crippen LogP contribution in [0.25, 0.3) is 0 Å². The standard InChI is InChI=1S/C6H8N2.C2H6/c1-2-6-4-3-5-7-8-6;1-2/h3-5H,2H2,1H3;1-2H3. The van der Waals surface area contributed by atoms with E-state index < -0.39 is 0 Å². The fraction of sp³-hybridized carbons (Fsp3) is 0.500. The van der Waals surface area contributed by atoms with Crippen LogP contribution in [0.5, 0.6) is 0 Å². The van der Waals surface area contributed by atoms with Crippen LogP contribution < -0.4 is 0 Å². The summed E-state index contributed by atoms with van der Waals surface area (Å²) < 4.78 is 0. The summed E-state index contributed by atoms with van der Waals surface area (Å²) in [6, 6.07) is 3.86. The van der Waals surface area contributed by atoms with Crippen molar-refractivity contribution in [3.63, 3.8) is 0 Å². The third-order valence-corrected chi connectivity index (χ3v) is 0.990. The van der Waals surface area contributed by atoms with Crippen molar-refractivity contribution in [3.05, 3.63) is 24.0 Å². The molecule has 0 fully saturated rings. The zero-order valence-electron chi connectivity index (χ0n) is 6.83. The van der Waals surface area contributed by atoms with E-state index in [0.717, 1.165) is 12.1 Å². The lowest BCUT2D eigenvalue weighted by Crippen LogP contribution is -1.86. The molecule has 56 valence electrons. The molecule has 2 nitrogen and oxygen atoms in total. The Kier molecular flexibility index (Phi) is 5.63. The van der Waals surface area contributed by atoms with Crippen molar-refractivity contribution in [2.45, 2.75) is 27.2 Å². The fourth-order valence-electron chi connectivity index (χ4n) is 0.522. The van der Waals surface area contributed by atoms with Gasteiger partial charge in [0.05, 0.1) is 5.69 Å². The van der Waals surface area contributed by atoms with E-state index in [1.165, 1.54) is 0 Å². The molecule has 0 bridgehead atoms. The molecule has 0 aliphatic rings. The molecule has 0 aliphatic carbocycles. The highest BCUT2D eigenvalue weighted by Gasteiger charge is 1.83. The highest BCUT2D eigenvalue weighted by molar-refractivity contribution is 4.97. The lowest BCUT2D eigenvalue weighted by atomic mass is 10.3. The first kappa shape index (κ1) is 9.08. The Balaban J connectivity index is 0.000000371. The Morgan fingerprint density at radius 2 is 2.10 bits per heavy atom. The molecule has 0 N–H and O–H groups in total. The number of hydrogen-bond donors (Lipinski definition) is 0. The summed E-state index contributed by atoms with van der Waals surface area (Å²) in [4.78, 5) is 0. The summed E-state index contributed by atoms with van der Waals surface area (Å²) in [7, 11) is 0. The van der Waals surface area contributed by atoms with Crippen LogP contribution in [0.2, 0.25) is 0 Å². The van der Waals surface area contributed by atoms with Crippen LogP contribution in [0.4, 0.5) is 0 Å². The number of rotatable bonds is 1. The van der Waals surface area contributed by atoms with Crippen molar-refractivity contribution in [2.24, 2.45) is 0 Å². The van der Waals surface area contributed by atoms with Crippen molar-refractivity contribution in [1.29, 1.82) is 0 Å². The number of aromatic nitrogens is 2. The van der Waals surface area contributed by atoms with Crippen molar-refractivity contribution in [1.82, 2.24) is 10.2 Å². The monoisotopic (exact) mass is 138 g/mol.